The van der Waals surface area contributed by atoms with E-state index in [2.05, 4.69) is 20.6 Å². The number of imidazole rings is 1. The molecule has 1 heterocycles. The lowest BCUT2D eigenvalue weighted by atomic mass is 10.0. The zero-order valence-corrected chi connectivity index (χ0v) is 14.6. The van der Waals surface area contributed by atoms with Gasteiger partial charge in [0, 0.05) is 11.3 Å². The van der Waals surface area contributed by atoms with Crippen LogP contribution in [0.5, 0.6) is 0 Å². The number of urea groups is 1. The molecule has 1 aromatic heterocycles. The van der Waals surface area contributed by atoms with Crippen LogP contribution in [0.2, 0.25) is 0 Å². The van der Waals surface area contributed by atoms with E-state index in [1.807, 2.05) is 38.1 Å². The molecule has 3 amide bonds. The van der Waals surface area contributed by atoms with Crippen LogP contribution in [-0.4, -0.2) is 21.9 Å². The number of hydrogen-bond donors (Lipinski definition) is 4. The van der Waals surface area contributed by atoms with Crippen molar-refractivity contribution in [3.05, 3.63) is 59.9 Å². The largest absolute Gasteiger partial charge is 0.351 e. The van der Waals surface area contributed by atoms with E-state index < -0.39 is 6.03 Å². The van der Waals surface area contributed by atoms with Gasteiger partial charge in [-0.05, 0) is 42.3 Å². The van der Waals surface area contributed by atoms with Gasteiger partial charge in [-0.25, -0.2) is 9.78 Å². The minimum atomic E-state index is -0.646. The third-order valence-corrected chi connectivity index (χ3v) is 4.07. The Labute approximate surface area is 151 Å². The SMILES string of the molecule is CC(C)C(NC(=O)c1ccc(NC(N)=O)cc1)c1nc2ccccc2[nH]1. The van der Waals surface area contributed by atoms with Gasteiger partial charge in [0.25, 0.3) is 5.91 Å². The first kappa shape index (κ1) is 17.5. The average Bonchev–Trinajstić information content (AvgIpc) is 3.03. The molecule has 0 radical (unpaired) electrons. The normalized spacial score (nSPS) is 12.1. The number of carbonyl (C=O) groups is 2. The highest BCUT2D eigenvalue weighted by atomic mass is 16.2. The molecular weight excluding hydrogens is 330 g/mol. The summed E-state index contributed by atoms with van der Waals surface area (Å²) in [6.45, 7) is 4.05. The number of H-pyrrole nitrogens is 1. The van der Waals surface area contributed by atoms with Gasteiger partial charge in [0.15, 0.2) is 0 Å². The molecule has 7 nitrogen and oxygen atoms in total. The Bertz CT molecular complexity index is 898. The Kier molecular flexibility index (Phi) is 4.88. The van der Waals surface area contributed by atoms with Crippen molar-refractivity contribution in [3.8, 4) is 0 Å². The number of aromatic nitrogens is 2. The molecule has 0 aliphatic rings. The van der Waals surface area contributed by atoms with Gasteiger partial charge in [0.05, 0.1) is 17.1 Å². The van der Waals surface area contributed by atoms with Crippen LogP contribution in [0.15, 0.2) is 48.5 Å². The molecule has 2 aromatic carbocycles. The molecule has 0 spiro atoms. The molecule has 0 fully saturated rings. The number of nitrogens with zero attached hydrogens (tertiary/aromatic N) is 1. The molecule has 3 rings (SSSR count). The number of anilines is 1. The molecule has 7 heteroatoms. The maximum absolute atomic E-state index is 12.6. The first-order valence-electron chi connectivity index (χ1n) is 8.36. The van der Waals surface area contributed by atoms with E-state index in [1.54, 1.807) is 24.3 Å². The van der Waals surface area contributed by atoms with Gasteiger partial charge in [-0.1, -0.05) is 26.0 Å². The first-order chi connectivity index (χ1) is 12.4. The number of primary amides is 1. The Morgan fingerprint density at radius 3 is 2.38 bits per heavy atom. The van der Waals surface area contributed by atoms with E-state index in [0.717, 1.165) is 16.9 Å². The average molecular weight is 351 g/mol. The molecule has 0 aliphatic heterocycles. The topological polar surface area (TPSA) is 113 Å². The van der Waals surface area contributed by atoms with Gasteiger partial charge in [-0.2, -0.15) is 0 Å². The van der Waals surface area contributed by atoms with E-state index in [0.29, 0.717) is 11.3 Å². The predicted octanol–water partition coefficient (Wildman–Crippen LogP) is 3.18. The number of amides is 3. The van der Waals surface area contributed by atoms with Crippen LogP contribution >= 0.6 is 0 Å². The van der Waals surface area contributed by atoms with Crippen molar-refractivity contribution in [3.63, 3.8) is 0 Å². The Morgan fingerprint density at radius 1 is 1.08 bits per heavy atom. The minimum Gasteiger partial charge on any atom is -0.351 e. The van der Waals surface area contributed by atoms with Crippen molar-refractivity contribution < 1.29 is 9.59 Å². The maximum Gasteiger partial charge on any atom is 0.316 e. The summed E-state index contributed by atoms with van der Waals surface area (Å²) in [4.78, 5) is 31.4. The number of carbonyl (C=O) groups excluding carboxylic acids is 2. The van der Waals surface area contributed by atoms with Crippen LogP contribution in [0.25, 0.3) is 11.0 Å². The van der Waals surface area contributed by atoms with Gasteiger partial charge in [0.1, 0.15) is 5.82 Å². The lowest BCUT2D eigenvalue weighted by molar-refractivity contribution is 0.0923. The standard InChI is InChI=1S/C19H21N5O2/c1-11(2)16(17-22-14-5-3-4-6-15(14)23-17)24-18(25)12-7-9-13(10-8-12)21-19(20)26/h3-11,16H,1-2H3,(H,22,23)(H,24,25)(H3,20,21,26). The predicted molar refractivity (Wildman–Crippen MR) is 101 cm³/mol. The van der Waals surface area contributed by atoms with E-state index >= 15 is 0 Å². The molecule has 0 aliphatic carbocycles. The van der Waals surface area contributed by atoms with Crippen LogP contribution in [-0.2, 0) is 0 Å². The molecule has 134 valence electrons. The molecule has 26 heavy (non-hydrogen) atoms. The van der Waals surface area contributed by atoms with Crippen molar-refractivity contribution >= 4 is 28.7 Å². The van der Waals surface area contributed by atoms with E-state index in [1.165, 1.54) is 0 Å². The highest BCUT2D eigenvalue weighted by molar-refractivity contribution is 5.95. The van der Waals surface area contributed by atoms with Gasteiger partial charge in [0.2, 0.25) is 0 Å². The summed E-state index contributed by atoms with van der Waals surface area (Å²) in [5.41, 5.74) is 7.90. The monoisotopic (exact) mass is 351 g/mol. The summed E-state index contributed by atoms with van der Waals surface area (Å²) in [6, 6.07) is 13.4. The smallest absolute Gasteiger partial charge is 0.316 e. The Morgan fingerprint density at radius 2 is 1.77 bits per heavy atom. The van der Waals surface area contributed by atoms with E-state index in [4.69, 9.17) is 5.73 Å². The highest BCUT2D eigenvalue weighted by Crippen LogP contribution is 2.23. The third-order valence-electron chi connectivity index (χ3n) is 4.07. The number of benzene rings is 2. The molecule has 0 saturated carbocycles. The van der Waals surface area contributed by atoms with Crippen molar-refractivity contribution in [2.75, 3.05) is 5.32 Å². The summed E-state index contributed by atoms with van der Waals surface area (Å²) in [6.07, 6.45) is 0. The fourth-order valence-electron chi connectivity index (χ4n) is 2.74. The first-order valence-corrected chi connectivity index (χ1v) is 8.36. The second-order valence-electron chi connectivity index (χ2n) is 6.40. The fraction of sp³-hybridized carbons (Fsp3) is 0.211. The minimum absolute atomic E-state index is 0.148. The summed E-state index contributed by atoms with van der Waals surface area (Å²) >= 11 is 0. The lowest BCUT2D eigenvalue weighted by Gasteiger charge is -2.20. The van der Waals surface area contributed by atoms with E-state index in [9.17, 15) is 9.59 Å². The number of para-hydroxylation sites is 2. The second-order valence-corrected chi connectivity index (χ2v) is 6.40. The number of aromatic amines is 1. The number of hydrogen-bond acceptors (Lipinski definition) is 3. The lowest BCUT2D eigenvalue weighted by Crippen LogP contribution is -2.32. The van der Waals surface area contributed by atoms with Crippen LogP contribution < -0.4 is 16.4 Å². The summed E-state index contributed by atoms with van der Waals surface area (Å²) in [5.74, 6) is 0.659. The van der Waals surface area contributed by atoms with Crippen LogP contribution in [0.1, 0.15) is 36.1 Å². The summed E-state index contributed by atoms with van der Waals surface area (Å²) in [7, 11) is 0. The summed E-state index contributed by atoms with van der Waals surface area (Å²) in [5, 5.41) is 5.49. The third kappa shape index (κ3) is 3.83. The zero-order chi connectivity index (χ0) is 18.7. The molecular formula is C19H21N5O2. The Balaban J connectivity index is 1.79. The number of rotatable bonds is 5. The fourth-order valence-corrected chi connectivity index (χ4v) is 2.74. The van der Waals surface area contributed by atoms with Gasteiger partial charge in [-0.3, -0.25) is 4.79 Å². The van der Waals surface area contributed by atoms with Crippen molar-refractivity contribution in [1.29, 1.82) is 0 Å². The van der Waals surface area contributed by atoms with Gasteiger partial charge >= 0.3 is 6.03 Å². The maximum atomic E-state index is 12.6. The highest BCUT2D eigenvalue weighted by Gasteiger charge is 2.22. The van der Waals surface area contributed by atoms with Crippen molar-refractivity contribution in [2.45, 2.75) is 19.9 Å². The molecule has 0 saturated heterocycles. The summed E-state index contributed by atoms with van der Waals surface area (Å²) < 4.78 is 0. The Hall–Kier alpha value is -3.35. The zero-order valence-electron chi connectivity index (χ0n) is 14.6. The molecule has 1 unspecified atom stereocenters. The quantitative estimate of drug-likeness (QED) is 0.566. The molecule has 1 atom stereocenters. The van der Waals surface area contributed by atoms with Crippen LogP contribution in [0, 0.1) is 5.92 Å². The van der Waals surface area contributed by atoms with Crippen LogP contribution in [0.3, 0.4) is 0 Å². The van der Waals surface area contributed by atoms with Gasteiger partial charge < -0.3 is 21.4 Å². The second kappa shape index (κ2) is 7.26. The molecule has 5 N–H and O–H groups in total. The van der Waals surface area contributed by atoms with E-state index in [-0.39, 0.29) is 17.9 Å². The molecule has 3 aromatic rings. The van der Waals surface area contributed by atoms with Gasteiger partial charge in [-0.15, -0.1) is 0 Å². The van der Waals surface area contributed by atoms with Crippen molar-refractivity contribution in [1.82, 2.24) is 15.3 Å². The number of nitrogens with two attached hydrogens (primary N) is 1. The molecule has 0 bridgehead atoms. The van der Waals surface area contributed by atoms with Crippen molar-refractivity contribution in [2.24, 2.45) is 11.7 Å². The van der Waals surface area contributed by atoms with Crippen LogP contribution in [0.4, 0.5) is 10.5 Å². The number of fused-ring (bicyclic) bond motifs is 1. The number of nitrogens with one attached hydrogen (secondary N) is 3.